The molecule has 0 aromatic rings. The number of carbonyl (C=O) groups is 1. The van der Waals surface area contributed by atoms with Crippen molar-refractivity contribution >= 4 is 5.97 Å². The van der Waals surface area contributed by atoms with Crippen molar-refractivity contribution in [1.82, 2.24) is 0 Å². The van der Waals surface area contributed by atoms with Gasteiger partial charge in [-0.1, -0.05) is 34.1 Å². The van der Waals surface area contributed by atoms with Crippen LogP contribution in [0, 0.1) is 52.3 Å². The number of aliphatic hydroxyl groups is 2. The maximum atomic E-state index is 11.7. The summed E-state index contributed by atoms with van der Waals surface area (Å²) in [5.41, 5.74) is 0.480. The minimum absolute atomic E-state index is 0.194. The van der Waals surface area contributed by atoms with Gasteiger partial charge < -0.3 is 15.3 Å². The fourth-order valence-electron chi connectivity index (χ4n) is 9.48. The van der Waals surface area contributed by atoms with Gasteiger partial charge >= 0.3 is 5.97 Å². The lowest BCUT2D eigenvalue weighted by Crippen LogP contribution is -2.62. The lowest BCUT2D eigenvalue weighted by atomic mass is 9.41. The van der Waals surface area contributed by atoms with Crippen molar-refractivity contribution in [2.24, 2.45) is 52.3 Å². The molecule has 0 unspecified atom stereocenters. The molecule has 0 amide bonds. The summed E-state index contributed by atoms with van der Waals surface area (Å²) in [6, 6.07) is 0. The molecule has 11 atom stereocenters. The van der Waals surface area contributed by atoms with E-state index in [1.165, 1.54) is 25.7 Å². The van der Waals surface area contributed by atoms with Crippen molar-refractivity contribution in [3.05, 3.63) is 0 Å². The first-order valence-corrected chi connectivity index (χ1v) is 12.7. The maximum absolute atomic E-state index is 11.7. The van der Waals surface area contributed by atoms with Crippen LogP contribution in [-0.4, -0.2) is 33.5 Å². The van der Waals surface area contributed by atoms with Gasteiger partial charge in [0.1, 0.15) is 0 Å². The van der Waals surface area contributed by atoms with Crippen molar-refractivity contribution in [3.63, 3.8) is 0 Å². The summed E-state index contributed by atoms with van der Waals surface area (Å²) in [4.78, 5) is 11.1. The minimum atomic E-state index is -0.683. The molecule has 4 heteroatoms. The monoisotopic (exact) mass is 420 g/mol. The summed E-state index contributed by atoms with van der Waals surface area (Å²) in [6.07, 6.45) is 9.27. The lowest BCUT2D eigenvalue weighted by molar-refractivity contribution is -0.203. The molecular formula is C26H44O4. The van der Waals surface area contributed by atoms with E-state index in [2.05, 4.69) is 27.7 Å². The molecule has 0 aromatic heterocycles. The second kappa shape index (κ2) is 8.06. The molecule has 0 heterocycles. The van der Waals surface area contributed by atoms with E-state index in [4.69, 9.17) is 5.11 Å². The van der Waals surface area contributed by atoms with E-state index in [9.17, 15) is 15.0 Å². The van der Waals surface area contributed by atoms with Gasteiger partial charge in [-0.2, -0.15) is 0 Å². The molecule has 0 radical (unpaired) electrons. The van der Waals surface area contributed by atoms with Crippen LogP contribution in [0.25, 0.3) is 0 Å². The van der Waals surface area contributed by atoms with E-state index in [0.29, 0.717) is 41.4 Å². The molecule has 0 saturated heterocycles. The molecule has 4 fully saturated rings. The predicted molar refractivity (Wildman–Crippen MR) is 118 cm³/mol. The zero-order valence-corrected chi connectivity index (χ0v) is 19.5. The van der Waals surface area contributed by atoms with E-state index in [-0.39, 0.29) is 29.5 Å². The Labute approximate surface area is 182 Å². The quantitative estimate of drug-likeness (QED) is 0.577. The van der Waals surface area contributed by atoms with Gasteiger partial charge in [-0.05, 0) is 104 Å². The van der Waals surface area contributed by atoms with Crippen molar-refractivity contribution in [1.29, 1.82) is 0 Å². The van der Waals surface area contributed by atoms with E-state index in [0.717, 1.165) is 32.1 Å². The Morgan fingerprint density at radius 2 is 1.67 bits per heavy atom. The van der Waals surface area contributed by atoms with Crippen LogP contribution in [0.2, 0.25) is 0 Å². The van der Waals surface area contributed by atoms with Crippen LogP contribution in [0.1, 0.15) is 91.9 Å². The van der Waals surface area contributed by atoms with Gasteiger partial charge in [-0.3, -0.25) is 4.79 Å². The molecule has 3 N–H and O–H groups in total. The molecule has 4 rings (SSSR count). The van der Waals surface area contributed by atoms with Crippen LogP contribution in [0.5, 0.6) is 0 Å². The van der Waals surface area contributed by atoms with E-state index in [1.807, 2.05) is 0 Å². The summed E-state index contributed by atoms with van der Waals surface area (Å²) in [5, 5.41) is 31.3. The SMILES string of the molecule is CC[C@H]1[C@@H](O)[C@@H]2[C@H](CC[C@]3(C)[C@@H]([C@@H](C)CCC(=O)O)CC[C@@H]23)[C@@]2(C)CC[C@@H](O)C[C@@H]12. The molecule has 0 bridgehead atoms. The Hall–Kier alpha value is -0.610. The zero-order chi connectivity index (χ0) is 21.8. The molecular weight excluding hydrogens is 376 g/mol. The van der Waals surface area contributed by atoms with Crippen LogP contribution in [0.4, 0.5) is 0 Å². The number of aliphatic hydroxyl groups excluding tert-OH is 2. The molecule has 4 aliphatic carbocycles. The van der Waals surface area contributed by atoms with Crippen molar-refractivity contribution in [3.8, 4) is 0 Å². The minimum Gasteiger partial charge on any atom is -0.481 e. The molecule has 0 aromatic carbocycles. The van der Waals surface area contributed by atoms with Gasteiger partial charge in [0.2, 0.25) is 0 Å². The number of hydrogen-bond donors (Lipinski definition) is 3. The molecule has 4 saturated carbocycles. The summed E-state index contributed by atoms with van der Waals surface area (Å²) in [7, 11) is 0. The number of fused-ring (bicyclic) bond motifs is 5. The lowest BCUT2D eigenvalue weighted by Gasteiger charge is -2.64. The molecule has 30 heavy (non-hydrogen) atoms. The second-order valence-electron chi connectivity index (χ2n) is 12.0. The fourth-order valence-corrected chi connectivity index (χ4v) is 9.48. The Kier molecular flexibility index (Phi) is 6.07. The van der Waals surface area contributed by atoms with Crippen LogP contribution in [0.15, 0.2) is 0 Å². The molecule has 4 aliphatic rings. The maximum Gasteiger partial charge on any atom is 0.303 e. The van der Waals surface area contributed by atoms with Crippen molar-refractivity contribution in [2.75, 3.05) is 0 Å². The first kappa shape index (κ1) is 22.6. The van der Waals surface area contributed by atoms with E-state index in [1.54, 1.807) is 0 Å². The van der Waals surface area contributed by atoms with Gasteiger partial charge in [-0.25, -0.2) is 0 Å². The van der Waals surface area contributed by atoms with Crippen LogP contribution < -0.4 is 0 Å². The van der Waals surface area contributed by atoms with Gasteiger partial charge in [0.15, 0.2) is 0 Å². The summed E-state index contributed by atoms with van der Waals surface area (Å²) in [6.45, 7) is 9.44. The Morgan fingerprint density at radius 1 is 1.00 bits per heavy atom. The molecule has 172 valence electrons. The number of rotatable bonds is 5. The predicted octanol–water partition coefficient (Wildman–Crippen LogP) is 5.11. The highest BCUT2D eigenvalue weighted by Gasteiger charge is 2.64. The number of hydrogen-bond acceptors (Lipinski definition) is 3. The smallest absolute Gasteiger partial charge is 0.303 e. The largest absolute Gasteiger partial charge is 0.481 e. The Bertz CT molecular complexity index is 649. The van der Waals surface area contributed by atoms with Crippen molar-refractivity contribution < 1.29 is 20.1 Å². The summed E-state index contributed by atoms with van der Waals surface area (Å²) < 4.78 is 0. The molecule has 4 nitrogen and oxygen atoms in total. The topological polar surface area (TPSA) is 77.8 Å². The number of carboxylic acid groups (broad SMARTS) is 1. The molecule has 0 spiro atoms. The molecule has 0 aliphatic heterocycles. The Morgan fingerprint density at radius 3 is 2.33 bits per heavy atom. The third-order valence-electron chi connectivity index (χ3n) is 11.0. The van der Waals surface area contributed by atoms with Crippen LogP contribution in [-0.2, 0) is 4.79 Å². The number of aliphatic carboxylic acids is 1. The average Bonchev–Trinajstić information content (AvgIpc) is 3.05. The van der Waals surface area contributed by atoms with E-state index < -0.39 is 5.97 Å². The third kappa shape index (κ3) is 3.36. The normalized spacial score (nSPS) is 51.5. The van der Waals surface area contributed by atoms with Crippen molar-refractivity contribution in [2.45, 2.75) is 104 Å². The summed E-state index contributed by atoms with van der Waals surface area (Å²) >= 11 is 0. The highest BCUT2D eigenvalue weighted by Crippen LogP contribution is 2.69. The Balaban J connectivity index is 1.61. The van der Waals surface area contributed by atoms with Crippen LogP contribution >= 0.6 is 0 Å². The highest BCUT2D eigenvalue weighted by atomic mass is 16.4. The van der Waals surface area contributed by atoms with Gasteiger partial charge in [0, 0.05) is 6.42 Å². The second-order valence-corrected chi connectivity index (χ2v) is 12.0. The third-order valence-corrected chi connectivity index (χ3v) is 11.0. The first-order chi connectivity index (χ1) is 14.1. The fraction of sp³-hybridized carbons (Fsp3) is 0.962. The average molecular weight is 421 g/mol. The highest BCUT2D eigenvalue weighted by molar-refractivity contribution is 5.66. The van der Waals surface area contributed by atoms with Crippen LogP contribution in [0.3, 0.4) is 0 Å². The van der Waals surface area contributed by atoms with E-state index >= 15 is 0 Å². The first-order valence-electron chi connectivity index (χ1n) is 12.7. The van der Waals surface area contributed by atoms with Gasteiger partial charge in [0.05, 0.1) is 12.2 Å². The van der Waals surface area contributed by atoms with Gasteiger partial charge in [-0.15, -0.1) is 0 Å². The standard InChI is InChI=1S/C26H44O4/c1-5-17-21-14-16(27)10-12-26(21,4)20-11-13-25(3)18(15(2)6-9-22(28)29)7-8-19(25)23(20)24(17)30/h15-21,23-24,27,30H,5-14H2,1-4H3,(H,28,29)/t15-,16+,17+,18+,19-,20-,21-,23-,24+,25+,26+/m0/s1. The number of carboxylic acids is 1. The summed E-state index contributed by atoms with van der Waals surface area (Å²) in [5.74, 6) is 2.58. The zero-order valence-electron chi connectivity index (χ0n) is 19.5. The van der Waals surface area contributed by atoms with Gasteiger partial charge in [0.25, 0.3) is 0 Å².